The lowest BCUT2D eigenvalue weighted by Gasteiger charge is -2.21. The highest BCUT2D eigenvalue weighted by Gasteiger charge is 2.21. The Labute approximate surface area is 115 Å². The van der Waals surface area contributed by atoms with E-state index >= 15 is 0 Å². The number of rotatable bonds is 4. The van der Waals surface area contributed by atoms with Gasteiger partial charge in [0.15, 0.2) is 0 Å². The maximum Gasteiger partial charge on any atom is 0.256 e. The lowest BCUT2D eigenvalue weighted by Crippen LogP contribution is -2.37. The molecule has 5 nitrogen and oxygen atoms in total. The molecule has 1 unspecified atom stereocenters. The van der Waals surface area contributed by atoms with Crippen LogP contribution in [0.1, 0.15) is 17.3 Å². The number of pyridine rings is 1. The summed E-state index contributed by atoms with van der Waals surface area (Å²) in [5.41, 5.74) is -0.0201. The van der Waals surface area contributed by atoms with Gasteiger partial charge in [0.05, 0.1) is 17.7 Å². The minimum Gasteiger partial charge on any atom is -0.359 e. The molecule has 0 saturated carbocycles. The van der Waals surface area contributed by atoms with Crippen LogP contribution in [0.4, 0.5) is 4.39 Å². The smallest absolute Gasteiger partial charge is 0.256 e. The van der Waals surface area contributed by atoms with Crippen LogP contribution in [0.15, 0.2) is 12.3 Å². The Balaban J connectivity index is 2.82. The van der Waals surface area contributed by atoms with Gasteiger partial charge in [-0.05, 0) is 6.07 Å². The van der Waals surface area contributed by atoms with E-state index in [1.807, 2.05) is 0 Å². The molecule has 1 rings (SSSR count). The third-order valence-corrected chi connectivity index (χ3v) is 2.93. The number of hydrogen-bond donors (Lipinski definition) is 1. The van der Waals surface area contributed by atoms with Gasteiger partial charge in [0, 0.05) is 20.6 Å². The highest BCUT2D eigenvalue weighted by atomic mass is 35.5. The normalized spacial score (nSPS) is 11.8. The Hall–Kier alpha value is -1.69. The molecule has 0 fully saturated rings. The summed E-state index contributed by atoms with van der Waals surface area (Å²) in [5, 5.41) is 2.43. The highest BCUT2D eigenvalue weighted by molar-refractivity contribution is 6.32. The van der Waals surface area contributed by atoms with Crippen LogP contribution in [0.25, 0.3) is 0 Å². The van der Waals surface area contributed by atoms with Crippen molar-refractivity contribution in [2.24, 2.45) is 5.92 Å². The summed E-state index contributed by atoms with van der Waals surface area (Å²) in [6.07, 6.45) is 0.937. The van der Waals surface area contributed by atoms with Gasteiger partial charge in [-0.25, -0.2) is 9.37 Å². The van der Waals surface area contributed by atoms with Crippen molar-refractivity contribution in [1.29, 1.82) is 0 Å². The van der Waals surface area contributed by atoms with Crippen LogP contribution in [-0.2, 0) is 4.79 Å². The van der Waals surface area contributed by atoms with Crippen LogP contribution < -0.4 is 5.32 Å². The quantitative estimate of drug-likeness (QED) is 0.850. The number of nitrogens with zero attached hydrogens (tertiary/aromatic N) is 2. The van der Waals surface area contributed by atoms with Gasteiger partial charge in [0.25, 0.3) is 5.91 Å². The van der Waals surface area contributed by atoms with E-state index in [2.05, 4.69) is 10.3 Å². The van der Waals surface area contributed by atoms with Crippen LogP contribution in [-0.4, -0.2) is 42.3 Å². The molecule has 0 radical (unpaired) electrons. The van der Waals surface area contributed by atoms with Crippen molar-refractivity contribution >= 4 is 23.4 Å². The van der Waals surface area contributed by atoms with Gasteiger partial charge >= 0.3 is 0 Å². The Kier molecular flexibility index (Phi) is 5.23. The third kappa shape index (κ3) is 3.89. The summed E-state index contributed by atoms with van der Waals surface area (Å²) in [7, 11) is 3.04. The molecule has 0 aliphatic rings. The lowest BCUT2D eigenvalue weighted by atomic mass is 10.1. The average molecular weight is 288 g/mol. The Bertz CT molecular complexity index is 496. The zero-order valence-corrected chi connectivity index (χ0v) is 11.7. The van der Waals surface area contributed by atoms with E-state index in [-0.39, 0.29) is 29.1 Å². The first-order valence-electron chi connectivity index (χ1n) is 5.65. The number of halogens is 2. The van der Waals surface area contributed by atoms with E-state index in [1.54, 1.807) is 6.92 Å². The molecule has 19 heavy (non-hydrogen) atoms. The van der Waals surface area contributed by atoms with Gasteiger partial charge in [-0.2, -0.15) is 0 Å². The second-order valence-corrected chi connectivity index (χ2v) is 4.55. The van der Waals surface area contributed by atoms with Gasteiger partial charge < -0.3 is 10.2 Å². The van der Waals surface area contributed by atoms with Crippen LogP contribution in [0.3, 0.4) is 0 Å². The number of amides is 2. The van der Waals surface area contributed by atoms with Crippen LogP contribution in [0, 0.1) is 11.7 Å². The molecule has 1 heterocycles. The lowest BCUT2D eigenvalue weighted by molar-refractivity contribution is -0.124. The minimum atomic E-state index is -0.638. The van der Waals surface area contributed by atoms with Crippen molar-refractivity contribution in [2.45, 2.75) is 6.92 Å². The van der Waals surface area contributed by atoms with Gasteiger partial charge in [-0.15, -0.1) is 0 Å². The summed E-state index contributed by atoms with van der Waals surface area (Å²) in [6.45, 7) is 1.89. The minimum absolute atomic E-state index is 0.0201. The number of carbonyl (C=O) groups is 2. The molecule has 0 aromatic carbocycles. The van der Waals surface area contributed by atoms with Crippen molar-refractivity contribution in [1.82, 2.24) is 15.2 Å². The molecule has 1 atom stereocenters. The van der Waals surface area contributed by atoms with Crippen LogP contribution >= 0.6 is 11.6 Å². The molecule has 0 aliphatic carbocycles. The molecule has 0 spiro atoms. The highest BCUT2D eigenvalue weighted by Crippen LogP contribution is 2.16. The standard InChI is InChI=1S/C12H15ClFN3O2/c1-7(11(18)15-2)6-17(3)12(19)9-4-8(14)5-16-10(9)13/h4-5,7H,6H2,1-3H3,(H,15,18). The second-order valence-electron chi connectivity index (χ2n) is 4.19. The van der Waals surface area contributed by atoms with E-state index in [9.17, 15) is 14.0 Å². The molecule has 0 bridgehead atoms. The summed E-state index contributed by atoms with van der Waals surface area (Å²) >= 11 is 5.76. The largest absolute Gasteiger partial charge is 0.359 e. The van der Waals surface area contributed by atoms with Gasteiger partial charge in [0.1, 0.15) is 11.0 Å². The molecule has 0 saturated heterocycles. The number of hydrogen-bond acceptors (Lipinski definition) is 3. The number of carbonyl (C=O) groups excluding carboxylic acids is 2. The van der Waals surface area contributed by atoms with E-state index in [1.165, 1.54) is 19.0 Å². The van der Waals surface area contributed by atoms with Crippen molar-refractivity contribution < 1.29 is 14.0 Å². The van der Waals surface area contributed by atoms with Crippen molar-refractivity contribution in [3.63, 3.8) is 0 Å². The number of aromatic nitrogens is 1. The summed E-state index contributed by atoms with van der Waals surface area (Å²) < 4.78 is 13.1. The zero-order chi connectivity index (χ0) is 14.6. The maximum atomic E-state index is 13.1. The fourth-order valence-corrected chi connectivity index (χ4v) is 1.79. The fourth-order valence-electron chi connectivity index (χ4n) is 1.60. The van der Waals surface area contributed by atoms with Gasteiger partial charge in [-0.1, -0.05) is 18.5 Å². The number of nitrogens with one attached hydrogen (secondary N) is 1. The van der Waals surface area contributed by atoms with E-state index in [0.717, 1.165) is 12.3 Å². The molecule has 1 aromatic rings. The van der Waals surface area contributed by atoms with Crippen LogP contribution in [0.5, 0.6) is 0 Å². The Morgan fingerprint density at radius 3 is 2.79 bits per heavy atom. The molecule has 1 aromatic heterocycles. The molecule has 1 N–H and O–H groups in total. The molecular formula is C12H15ClFN3O2. The van der Waals surface area contributed by atoms with Crippen molar-refractivity contribution in [3.8, 4) is 0 Å². The maximum absolute atomic E-state index is 13.1. The predicted molar refractivity (Wildman–Crippen MR) is 69.4 cm³/mol. The fraction of sp³-hybridized carbons (Fsp3) is 0.417. The SMILES string of the molecule is CNC(=O)C(C)CN(C)C(=O)c1cc(F)cnc1Cl. The summed E-state index contributed by atoms with van der Waals surface area (Å²) in [5.74, 6) is -1.67. The molecule has 104 valence electrons. The summed E-state index contributed by atoms with van der Waals surface area (Å²) in [6, 6.07) is 1.03. The average Bonchev–Trinajstić information content (AvgIpc) is 2.39. The van der Waals surface area contributed by atoms with E-state index in [4.69, 9.17) is 11.6 Å². The first-order chi connectivity index (χ1) is 8.86. The van der Waals surface area contributed by atoms with Crippen molar-refractivity contribution in [3.05, 3.63) is 28.8 Å². The summed E-state index contributed by atoms with van der Waals surface area (Å²) in [4.78, 5) is 28.3. The molecular weight excluding hydrogens is 273 g/mol. The third-order valence-electron chi connectivity index (χ3n) is 2.62. The van der Waals surface area contributed by atoms with E-state index in [0.29, 0.717) is 0 Å². The van der Waals surface area contributed by atoms with Gasteiger partial charge in [0.2, 0.25) is 5.91 Å². The van der Waals surface area contributed by atoms with Crippen molar-refractivity contribution in [2.75, 3.05) is 20.6 Å². The zero-order valence-electron chi connectivity index (χ0n) is 10.9. The van der Waals surface area contributed by atoms with Crippen LogP contribution in [0.2, 0.25) is 5.15 Å². The van der Waals surface area contributed by atoms with Gasteiger partial charge in [-0.3, -0.25) is 9.59 Å². The first kappa shape index (κ1) is 15.4. The topological polar surface area (TPSA) is 62.3 Å². The monoisotopic (exact) mass is 287 g/mol. The van der Waals surface area contributed by atoms with E-state index < -0.39 is 11.7 Å². The molecule has 7 heteroatoms. The molecule has 0 aliphatic heterocycles. The molecule has 2 amide bonds. The first-order valence-corrected chi connectivity index (χ1v) is 6.02. The predicted octanol–water partition coefficient (Wildman–Crippen LogP) is 1.33. The Morgan fingerprint density at radius 2 is 2.21 bits per heavy atom. The Morgan fingerprint density at radius 1 is 1.58 bits per heavy atom. The second kappa shape index (κ2) is 6.47.